The number of carbonyl (C=O) groups excluding carboxylic acids is 2. The van der Waals surface area contributed by atoms with E-state index in [1.807, 2.05) is 67.6 Å². The average molecular weight is 394 g/mol. The summed E-state index contributed by atoms with van der Waals surface area (Å²) in [4.78, 5) is 24.4. The molecule has 0 atom stereocenters. The van der Waals surface area contributed by atoms with Gasteiger partial charge in [0.05, 0.1) is 24.3 Å². The Morgan fingerprint density at radius 2 is 1.57 bits per heavy atom. The third-order valence-corrected chi connectivity index (χ3v) is 5.09. The van der Waals surface area contributed by atoms with E-state index in [-0.39, 0.29) is 23.3 Å². The Bertz CT molecular complexity index is 999. The van der Waals surface area contributed by atoms with Gasteiger partial charge in [-0.05, 0) is 36.1 Å². The summed E-state index contributed by atoms with van der Waals surface area (Å²) in [5.74, 6) is 0.675. The van der Waals surface area contributed by atoms with Gasteiger partial charge < -0.3 is 15.4 Å². The highest BCUT2D eigenvalue weighted by atomic mass is 32.2. The van der Waals surface area contributed by atoms with Gasteiger partial charge in [-0.1, -0.05) is 42.5 Å². The summed E-state index contributed by atoms with van der Waals surface area (Å²) in [6.07, 6.45) is 0. The van der Waals surface area contributed by atoms with E-state index in [1.165, 1.54) is 11.8 Å². The predicted octanol–water partition coefficient (Wildman–Crippen LogP) is 4.47. The summed E-state index contributed by atoms with van der Waals surface area (Å²) in [7, 11) is 1.56. The molecule has 3 rings (SSSR count). The first-order chi connectivity index (χ1) is 13.6. The Morgan fingerprint density at radius 1 is 0.893 bits per heavy atom. The van der Waals surface area contributed by atoms with E-state index in [2.05, 4.69) is 10.6 Å². The predicted molar refractivity (Wildman–Crippen MR) is 116 cm³/mol. The summed E-state index contributed by atoms with van der Waals surface area (Å²) in [6.45, 7) is 1.95. The topological polar surface area (TPSA) is 67.4 Å². The monoisotopic (exact) mass is 394 g/mol. The molecule has 3 aromatic carbocycles. The van der Waals surface area contributed by atoms with Gasteiger partial charge in [-0.2, -0.15) is 0 Å². The molecule has 0 aliphatic heterocycles. The normalized spacial score (nSPS) is 10.5. The van der Waals surface area contributed by atoms with E-state index >= 15 is 0 Å². The number of benzene rings is 3. The molecule has 28 heavy (non-hydrogen) atoms. The Kier molecular flexibility index (Phi) is 6.55. The molecule has 6 heteroatoms. The first-order valence-electron chi connectivity index (χ1n) is 8.86. The number of thioether (sulfide) groups is 1. The van der Waals surface area contributed by atoms with Gasteiger partial charge in [0.2, 0.25) is 11.8 Å². The number of hydrogen-bond donors (Lipinski definition) is 2. The molecule has 0 aliphatic rings. The van der Waals surface area contributed by atoms with Crippen molar-refractivity contribution in [1.29, 1.82) is 0 Å². The van der Waals surface area contributed by atoms with E-state index in [1.54, 1.807) is 7.11 Å². The van der Waals surface area contributed by atoms with E-state index in [0.29, 0.717) is 11.4 Å². The number of amides is 2. The molecule has 0 heterocycles. The number of rotatable bonds is 7. The lowest BCUT2D eigenvalue weighted by atomic mass is 10.1. The first-order valence-corrected chi connectivity index (χ1v) is 10.0. The molecule has 2 N–H and O–H groups in total. The summed E-state index contributed by atoms with van der Waals surface area (Å²) in [5, 5.41) is 7.82. The zero-order chi connectivity index (χ0) is 19.9. The molecular weight excluding hydrogens is 372 g/mol. The quantitative estimate of drug-likeness (QED) is 0.621. The Labute approximate surface area is 168 Å². The molecular formula is C22H22N2O3S. The Morgan fingerprint density at radius 3 is 2.32 bits per heavy atom. The molecule has 0 saturated heterocycles. The highest BCUT2D eigenvalue weighted by Gasteiger charge is 2.10. The molecule has 0 bridgehead atoms. The van der Waals surface area contributed by atoms with Gasteiger partial charge in [-0.15, -0.1) is 11.8 Å². The minimum absolute atomic E-state index is 0.137. The molecule has 144 valence electrons. The molecule has 2 amide bonds. The molecule has 0 aromatic heterocycles. The van der Waals surface area contributed by atoms with Crippen LogP contribution < -0.4 is 15.4 Å². The Hall–Kier alpha value is -2.99. The smallest absolute Gasteiger partial charge is 0.234 e. The number of methoxy groups -OCH3 is 1. The first kappa shape index (κ1) is 19.8. The molecule has 0 fully saturated rings. The maximum Gasteiger partial charge on any atom is 0.234 e. The van der Waals surface area contributed by atoms with Crippen LogP contribution in [0.2, 0.25) is 0 Å². The van der Waals surface area contributed by atoms with Gasteiger partial charge in [0, 0.05) is 11.1 Å². The van der Waals surface area contributed by atoms with Crippen molar-refractivity contribution < 1.29 is 14.3 Å². The molecule has 0 saturated carbocycles. The van der Waals surface area contributed by atoms with E-state index in [0.717, 1.165) is 22.0 Å². The van der Waals surface area contributed by atoms with Crippen LogP contribution in [0.25, 0.3) is 10.8 Å². The van der Waals surface area contributed by atoms with Crippen LogP contribution in [0.1, 0.15) is 5.56 Å². The van der Waals surface area contributed by atoms with E-state index in [9.17, 15) is 9.59 Å². The average Bonchev–Trinajstić information content (AvgIpc) is 2.68. The number of aryl methyl sites for hydroxylation is 1. The molecule has 0 radical (unpaired) electrons. The van der Waals surface area contributed by atoms with Gasteiger partial charge in [-0.3, -0.25) is 9.59 Å². The van der Waals surface area contributed by atoms with Crippen molar-refractivity contribution in [2.24, 2.45) is 0 Å². The fourth-order valence-corrected chi connectivity index (χ4v) is 3.48. The minimum Gasteiger partial charge on any atom is -0.495 e. The van der Waals surface area contributed by atoms with Gasteiger partial charge in [-0.25, -0.2) is 0 Å². The summed E-state index contributed by atoms with van der Waals surface area (Å²) >= 11 is 1.27. The van der Waals surface area contributed by atoms with Crippen LogP contribution in [0.15, 0.2) is 60.7 Å². The third kappa shape index (κ3) is 5.04. The van der Waals surface area contributed by atoms with Gasteiger partial charge >= 0.3 is 0 Å². The third-order valence-electron chi connectivity index (χ3n) is 4.16. The van der Waals surface area contributed by atoms with Crippen molar-refractivity contribution in [1.82, 2.24) is 0 Å². The van der Waals surface area contributed by atoms with Crippen molar-refractivity contribution in [2.45, 2.75) is 6.92 Å². The van der Waals surface area contributed by atoms with Crippen molar-refractivity contribution >= 4 is 45.7 Å². The summed E-state index contributed by atoms with van der Waals surface area (Å²) < 4.78 is 5.26. The molecule has 0 aliphatic carbocycles. The van der Waals surface area contributed by atoms with Crippen LogP contribution in [-0.4, -0.2) is 30.4 Å². The molecule has 3 aromatic rings. The molecule has 0 spiro atoms. The lowest BCUT2D eigenvalue weighted by Gasteiger charge is -2.11. The van der Waals surface area contributed by atoms with Crippen LogP contribution in [0.4, 0.5) is 11.4 Å². The van der Waals surface area contributed by atoms with Crippen LogP contribution in [-0.2, 0) is 9.59 Å². The maximum absolute atomic E-state index is 12.3. The number of fused-ring (bicyclic) bond motifs is 1. The van der Waals surface area contributed by atoms with Crippen molar-refractivity contribution in [3.05, 3.63) is 66.2 Å². The van der Waals surface area contributed by atoms with Crippen LogP contribution in [0.5, 0.6) is 5.75 Å². The summed E-state index contributed by atoms with van der Waals surface area (Å²) in [6, 6.07) is 19.3. The lowest BCUT2D eigenvalue weighted by molar-refractivity contribution is -0.114. The zero-order valence-electron chi connectivity index (χ0n) is 15.8. The van der Waals surface area contributed by atoms with Crippen molar-refractivity contribution in [3.63, 3.8) is 0 Å². The Balaban J connectivity index is 1.51. The van der Waals surface area contributed by atoms with Crippen LogP contribution in [0.3, 0.4) is 0 Å². The van der Waals surface area contributed by atoms with Gasteiger partial charge in [0.15, 0.2) is 0 Å². The number of ether oxygens (including phenoxy) is 1. The second-order valence-corrected chi connectivity index (χ2v) is 7.31. The summed E-state index contributed by atoms with van der Waals surface area (Å²) in [5.41, 5.74) is 2.43. The highest BCUT2D eigenvalue weighted by Crippen LogP contribution is 2.25. The molecule has 0 unspecified atom stereocenters. The highest BCUT2D eigenvalue weighted by molar-refractivity contribution is 8.00. The SMILES string of the molecule is COc1ccc(C)cc1NC(=O)CSCC(=O)Nc1cccc2ccccc12. The van der Waals surface area contributed by atoms with Crippen molar-refractivity contribution in [2.75, 3.05) is 29.2 Å². The minimum atomic E-state index is -0.174. The fourth-order valence-electron chi connectivity index (χ4n) is 2.86. The lowest BCUT2D eigenvalue weighted by Crippen LogP contribution is -2.18. The fraction of sp³-hybridized carbons (Fsp3) is 0.182. The van der Waals surface area contributed by atoms with Crippen LogP contribution >= 0.6 is 11.8 Å². The van der Waals surface area contributed by atoms with Gasteiger partial charge in [0.1, 0.15) is 5.75 Å². The van der Waals surface area contributed by atoms with Crippen LogP contribution in [0, 0.1) is 6.92 Å². The zero-order valence-corrected chi connectivity index (χ0v) is 16.6. The van der Waals surface area contributed by atoms with Gasteiger partial charge in [0.25, 0.3) is 0 Å². The number of nitrogens with one attached hydrogen (secondary N) is 2. The maximum atomic E-state index is 12.3. The molecule has 5 nitrogen and oxygen atoms in total. The number of carbonyl (C=O) groups is 2. The van der Waals surface area contributed by atoms with E-state index < -0.39 is 0 Å². The largest absolute Gasteiger partial charge is 0.495 e. The number of hydrogen-bond acceptors (Lipinski definition) is 4. The van der Waals surface area contributed by atoms with E-state index in [4.69, 9.17) is 4.74 Å². The second-order valence-electron chi connectivity index (χ2n) is 6.32. The van der Waals surface area contributed by atoms with Crippen molar-refractivity contribution in [3.8, 4) is 5.75 Å². The number of anilines is 2. The second kappa shape index (κ2) is 9.28. The standard InChI is InChI=1S/C22H22N2O3S/c1-15-10-11-20(27-2)19(12-15)24-22(26)14-28-13-21(25)23-18-9-5-7-16-6-3-4-8-17(16)18/h3-12H,13-14H2,1-2H3,(H,23,25)(H,24,26).